The molecule has 1 aliphatic heterocycles. The Bertz CT molecular complexity index is 1210. The van der Waals surface area contributed by atoms with Gasteiger partial charge in [-0.1, -0.05) is 42.5 Å². The van der Waals surface area contributed by atoms with Crippen molar-refractivity contribution in [2.75, 3.05) is 26.2 Å². The number of ketones is 1. The van der Waals surface area contributed by atoms with Crippen LogP contribution in [0, 0.1) is 0 Å². The smallest absolute Gasteiger partial charge is 0.400 e. The topological polar surface area (TPSA) is 64.8 Å². The van der Waals surface area contributed by atoms with E-state index in [1.54, 1.807) is 6.92 Å². The number of nitrogens with zero attached hydrogens (tertiary/aromatic N) is 2. The Morgan fingerprint density at radius 1 is 0.941 bits per heavy atom. The highest BCUT2D eigenvalue weighted by Gasteiger charge is 2.40. The molecule has 6 heteroatoms. The minimum Gasteiger partial charge on any atom is -0.492 e. The SMILES string of the molecule is CC(=O)C1(c2ccccc2)CCN(CCOc2ccc(Oc3nc4ccccc4o3)cc2)CC1. The van der Waals surface area contributed by atoms with Crippen LogP contribution in [0.3, 0.4) is 0 Å². The second-order valence-electron chi connectivity index (χ2n) is 8.72. The number of oxazole rings is 1. The third-order valence-electron chi connectivity index (χ3n) is 6.69. The first-order valence-corrected chi connectivity index (χ1v) is 11.7. The van der Waals surface area contributed by atoms with Crippen LogP contribution in [0.25, 0.3) is 11.1 Å². The maximum atomic E-state index is 12.6. The molecule has 5 rings (SSSR count). The molecule has 0 atom stereocenters. The van der Waals surface area contributed by atoms with Gasteiger partial charge in [-0.2, -0.15) is 4.98 Å². The average molecular weight is 457 g/mol. The number of hydrogen-bond donors (Lipinski definition) is 0. The van der Waals surface area contributed by atoms with E-state index >= 15 is 0 Å². The van der Waals surface area contributed by atoms with Gasteiger partial charge in [0, 0.05) is 6.54 Å². The molecule has 0 N–H and O–H groups in total. The normalized spacial score (nSPS) is 15.8. The number of carbonyl (C=O) groups is 1. The van der Waals surface area contributed by atoms with Gasteiger partial charge in [-0.15, -0.1) is 0 Å². The number of rotatable bonds is 8. The molecule has 1 aromatic heterocycles. The van der Waals surface area contributed by atoms with E-state index in [0.29, 0.717) is 17.9 Å². The van der Waals surface area contributed by atoms with Gasteiger partial charge in [0.1, 0.15) is 29.4 Å². The number of benzene rings is 3. The van der Waals surface area contributed by atoms with E-state index in [4.69, 9.17) is 13.9 Å². The third kappa shape index (κ3) is 4.68. The summed E-state index contributed by atoms with van der Waals surface area (Å²) in [6.45, 7) is 4.90. The first-order valence-electron chi connectivity index (χ1n) is 11.7. The van der Waals surface area contributed by atoms with Crippen LogP contribution >= 0.6 is 0 Å². The lowest BCUT2D eigenvalue weighted by molar-refractivity contribution is -0.124. The Labute approximate surface area is 199 Å². The molecule has 1 fully saturated rings. The van der Waals surface area contributed by atoms with Gasteiger partial charge in [0.25, 0.3) is 0 Å². The van der Waals surface area contributed by atoms with Crippen LogP contribution in [-0.2, 0) is 10.2 Å². The molecule has 0 spiro atoms. The van der Waals surface area contributed by atoms with Gasteiger partial charge in [-0.25, -0.2) is 0 Å². The van der Waals surface area contributed by atoms with Crippen LogP contribution in [0.15, 0.2) is 83.3 Å². The van der Waals surface area contributed by atoms with Crippen LogP contribution in [0.5, 0.6) is 17.6 Å². The molecule has 34 heavy (non-hydrogen) atoms. The molecule has 1 aliphatic rings. The molecule has 0 radical (unpaired) electrons. The van der Waals surface area contributed by atoms with Gasteiger partial charge in [0.05, 0.1) is 5.41 Å². The monoisotopic (exact) mass is 456 g/mol. The molecule has 2 heterocycles. The second kappa shape index (κ2) is 9.69. The number of aromatic nitrogens is 1. The van der Waals surface area contributed by atoms with E-state index in [9.17, 15) is 4.79 Å². The predicted octanol–water partition coefficient (Wildman–Crippen LogP) is 5.62. The number of fused-ring (bicyclic) bond motifs is 1. The molecule has 0 unspecified atom stereocenters. The summed E-state index contributed by atoms with van der Waals surface area (Å²) in [6.07, 6.45) is 1.90. The first kappa shape index (κ1) is 22.2. The standard InChI is InChI=1S/C28H28N2O4/c1-21(31)28(22-7-3-2-4-8-22)15-17-30(18-16-28)19-20-32-23-11-13-24(14-12-23)33-27-29-25-9-5-6-10-26(25)34-27/h2-14H,15-20H2,1H3. The van der Waals surface area contributed by atoms with E-state index in [1.165, 1.54) is 0 Å². The van der Waals surface area contributed by atoms with Crippen LogP contribution in [-0.4, -0.2) is 41.9 Å². The maximum absolute atomic E-state index is 12.6. The summed E-state index contributed by atoms with van der Waals surface area (Å²) in [4.78, 5) is 19.2. The summed E-state index contributed by atoms with van der Waals surface area (Å²) in [5.41, 5.74) is 2.24. The van der Waals surface area contributed by atoms with Crippen molar-refractivity contribution in [3.63, 3.8) is 0 Å². The van der Waals surface area contributed by atoms with Crippen molar-refractivity contribution in [1.29, 1.82) is 0 Å². The highest BCUT2D eigenvalue weighted by atomic mass is 16.6. The Hall–Kier alpha value is -3.64. The summed E-state index contributed by atoms with van der Waals surface area (Å²) >= 11 is 0. The number of likely N-dealkylation sites (tertiary alicyclic amines) is 1. The van der Waals surface area contributed by atoms with E-state index in [-0.39, 0.29) is 17.3 Å². The highest BCUT2D eigenvalue weighted by molar-refractivity contribution is 5.88. The van der Waals surface area contributed by atoms with Crippen LogP contribution in [0.1, 0.15) is 25.3 Å². The Balaban J connectivity index is 1.11. The summed E-state index contributed by atoms with van der Waals surface area (Å²) in [5.74, 6) is 1.68. The van der Waals surface area contributed by atoms with Crippen LogP contribution in [0.2, 0.25) is 0 Å². The zero-order valence-corrected chi connectivity index (χ0v) is 19.3. The lowest BCUT2D eigenvalue weighted by Crippen LogP contribution is -2.47. The van der Waals surface area contributed by atoms with Crippen molar-refractivity contribution < 1.29 is 18.7 Å². The average Bonchev–Trinajstić information content (AvgIpc) is 3.28. The summed E-state index contributed by atoms with van der Waals surface area (Å²) in [7, 11) is 0. The molecule has 174 valence electrons. The molecule has 0 aliphatic carbocycles. The molecular weight excluding hydrogens is 428 g/mol. The maximum Gasteiger partial charge on any atom is 0.400 e. The van der Waals surface area contributed by atoms with Crippen LogP contribution < -0.4 is 9.47 Å². The van der Waals surface area contributed by atoms with E-state index in [0.717, 1.165) is 49.3 Å². The third-order valence-corrected chi connectivity index (χ3v) is 6.69. The Morgan fingerprint density at radius 2 is 1.62 bits per heavy atom. The zero-order valence-electron chi connectivity index (χ0n) is 19.3. The zero-order chi connectivity index (χ0) is 23.4. The molecule has 4 aromatic rings. The number of ether oxygens (including phenoxy) is 2. The summed E-state index contributed by atoms with van der Waals surface area (Å²) < 4.78 is 17.3. The number of piperidine rings is 1. The summed E-state index contributed by atoms with van der Waals surface area (Å²) in [6, 6.07) is 25.2. The molecule has 0 saturated carbocycles. The van der Waals surface area contributed by atoms with Crippen molar-refractivity contribution in [3.05, 3.63) is 84.4 Å². The van der Waals surface area contributed by atoms with Crippen molar-refractivity contribution in [3.8, 4) is 17.6 Å². The lowest BCUT2D eigenvalue weighted by Gasteiger charge is -2.40. The van der Waals surface area contributed by atoms with Crippen molar-refractivity contribution in [2.24, 2.45) is 0 Å². The minimum absolute atomic E-state index is 0.220. The highest BCUT2D eigenvalue weighted by Crippen LogP contribution is 2.36. The van der Waals surface area contributed by atoms with Gasteiger partial charge in [0.15, 0.2) is 5.58 Å². The van der Waals surface area contributed by atoms with Gasteiger partial charge in [-0.05, 0) is 74.8 Å². The Morgan fingerprint density at radius 3 is 2.32 bits per heavy atom. The molecule has 0 amide bonds. The van der Waals surface area contributed by atoms with Crippen molar-refractivity contribution >= 4 is 16.9 Å². The molecule has 3 aromatic carbocycles. The largest absolute Gasteiger partial charge is 0.492 e. The molecule has 6 nitrogen and oxygen atoms in total. The number of Topliss-reactive ketones (excluding diaryl/α,β-unsaturated/α-hetero) is 1. The number of para-hydroxylation sites is 2. The number of hydrogen-bond acceptors (Lipinski definition) is 6. The first-order chi connectivity index (χ1) is 16.6. The predicted molar refractivity (Wildman–Crippen MR) is 130 cm³/mol. The van der Waals surface area contributed by atoms with E-state index in [2.05, 4.69) is 22.0 Å². The minimum atomic E-state index is -0.358. The lowest BCUT2D eigenvalue weighted by atomic mass is 9.70. The van der Waals surface area contributed by atoms with Gasteiger partial charge < -0.3 is 13.9 Å². The van der Waals surface area contributed by atoms with Gasteiger partial charge in [-0.3, -0.25) is 9.69 Å². The van der Waals surface area contributed by atoms with Crippen molar-refractivity contribution in [2.45, 2.75) is 25.2 Å². The quantitative estimate of drug-likeness (QED) is 0.343. The fourth-order valence-electron chi connectivity index (χ4n) is 4.65. The number of carbonyl (C=O) groups excluding carboxylic acids is 1. The fourth-order valence-corrected chi connectivity index (χ4v) is 4.65. The Kier molecular flexibility index (Phi) is 6.32. The van der Waals surface area contributed by atoms with Crippen molar-refractivity contribution in [1.82, 2.24) is 9.88 Å². The molecular formula is C28H28N2O4. The van der Waals surface area contributed by atoms with E-state index < -0.39 is 0 Å². The molecule has 1 saturated heterocycles. The molecule has 0 bridgehead atoms. The second-order valence-corrected chi connectivity index (χ2v) is 8.72. The summed E-state index contributed by atoms with van der Waals surface area (Å²) in [5, 5.41) is 0. The fraction of sp³-hybridized carbons (Fsp3) is 0.286. The van der Waals surface area contributed by atoms with Gasteiger partial charge >= 0.3 is 6.08 Å². The van der Waals surface area contributed by atoms with Gasteiger partial charge in [0.2, 0.25) is 0 Å². The van der Waals surface area contributed by atoms with E-state index in [1.807, 2.05) is 66.7 Å². The van der Waals surface area contributed by atoms with Crippen LogP contribution in [0.4, 0.5) is 0 Å².